The average Bonchev–Trinajstić information content (AvgIpc) is 2.46. The zero-order valence-electron chi connectivity index (χ0n) is 10.4. The van der Waals surface area contributed by atoms with Crippen LogP contribution in [0.25, 0.3) is 22.3 Å². The van der Waals surface area contributed by atoms with Crippen LogP contribution in [0.2, 0.25) is 0 Å². The fourth-order valence-electron chi connectivity index (χ4n) is 1.94. The minimum absolute atomic E-state index is 0.0776. The topological polar surface area (TPSA) is 108 Å². The lowest BCUT2D eigenvalue weighted by Crippen LogP contribution is -2.15. The lowest BCUT2D eigenvalue weighted by molar-refractivity contribution is 0.100. The van der Waals surface area contributed by atoms with Crippen LogP contribution in [0.3, 0.4) is 0 Å². The molecule has 1 aromatic carbocycles. The van der Waals surface area contributed by atoms with Gasteiger partial charge in [0.15, 0.2) is 5.82 Å². The first-order chi connectivity index (χ1) is 9.65. The number of anilines is 1. The first-order valence-corrected chi connectivity index (χ1v) is 5.92. The summed E-state index contributed by atoms with van der Waals surface area (Å²) in [6.07, 6.45) is 3.07. The van der Waals surface area contributed by atoms with Gasteiger partial charge in [0.05, 0.1) is 11.1 Å². The maximum Gasteiger partial charge on any atom is 0.254 e. The van der Waals surface area contributed by atoms with Crippen molar-refractivity contribution >= 4 is 22.6 Å². The van der Waals surface area contributed by atoms with E-state index in [-0.39, 0.29) is 11.4 Å². The predicted molar refractivity (Wildman–Crippen MR) is 75.7 cm³/mol. The predicted octanol–water partition coefficient (Wildman–Crippen LogP) is 1.37. The smallest absolute Gasteiger partial charge is 0.254 e. The van der Waals surface area contributed by atoms with Gasteiger partial charge in [0.25, 0.3) is 5.91 Å². The van der Waals surface area contributed by atoms with E-state index in [9.17, 15) is 4.79 Å². The quantitative estimate of drug-likeness (QED) is 0.727. The molecule has 2 aromatic heterocycles. The number of aromatic nitrogens is 3. The molecule has 0 bridgehead atoms. The third-order valence-electron chi connectivity index (χ3n) is 2.94. The average molecular weight is 265 g/mol. The summed E-state index contributed by atoms with van der Waals surface area (Å²) >= 11 is 0. The Balaban J connectivity index is 2.11. The van der Waals surface area contributed by atoms with Crippen molar-refractivity contribution in [2.45, 2.75) is 0 Å². The Morgan fingerprint density at radius 3 is 2.75 bits per heavy atom. The number of carbonyl (C=O) groups excluding carboxylic acids is 1. The van der Waals surface area contributed by atoms with Crippen molar-refractivity contribution in [2.75, 3.05) is 5.73 Å². The summed E-state index contributed by atoms with van der Waals surface area (Å²) in [5, 5.41) is 0.978. The molecule has 0 unspecified atom stereocenters. The number of carbonyl (C=O) groups is 1. The van der Waals surface area contributed by atoms with Crippen LogP contribution in [-0.4, -0.2) is 20.9 Å². The van der Waals surface area contributed by atoms with Gasteiger partial charge in [-0.15, -0.1) is 0 Å². The molecule has 4 N–H and O–H groups in total. The fourth-order valence-corrected chi connectivity index (χ4v) is 1.94. The number of fused-ring (bicyclic) bond motifs is 1. The summed E-state index contributed by atoms with van der Waals surface area (Å²) in [6.45, 7) is 0. The molecule has 3 rings (SSSR count). The highest BCUT2D eigenvalue weighted by atomic mass is 16.1. The molecule has 0 spiro atoms. The summed E-state index contributed by atoms with van der Waals surface area (Å²) in [5.41, 5.74) is 12.7. The zero-order valence-corrected chi connectivity index (χ0v) is 10.4. The lowest BCUT2D eigenvalue weighted by atomic mass is 10.1. The van der Waals surface area contributed by atoms with Gasteiger partial charge in [0.1, 0.15) is 5.82 Å². The van der Waals surface area contributed by atoms with Gasteiger partial charge in [0.2, 0.25) is 0 Å². The SMILES string of the molecule is NC(=O)c1cnc(-c2ccc3ncccc3c2)nc1N. The van der Waals surface area contributed by atoms with E-state index in [0.29, 0.717) is 5.82 Å². The van der Waals surface area contributed by atoms with Gasteiger partial charge in [-0.25, -0.2) is 9.97 Å². The molecule has 0 aliphatic carbocycles. The highest BCUT2D eigenvalue weighted by molar-refractivity contribution is 5.97. The molecule has 2 heterocycles. The maximum absolute atomic E-state index is 11.1. The largest absolute Gasteiger partial charge is 0.383 e. The fraction of sp³-hybridized carbons (Fsp3) is 0. The van der Waals surface area contributed by atoms with Crippen LogP contribution >= 0.6 is 0 Å². The number of amides is 1. The number of nitrogen functional groups attached to an aromatic ring is 1. The first-order valence-electron chi connectivity index (χ1n) is 5.92. The molecular formula is C14H11N5O. The lowest BCUT2D eigenvalue weighted by Gasteiger charge is -2.05. The van der Waals surface area contributed by atoms with Gasteiger partial charge in [-0.2, -0.15) is 0 Å². The number of primary amides is 1. The Kier molecular flexibility index (Phi) is 2.76. The highest BCUT2D eigenvalue weighted by Crippen LogP contribution is 2.21. The number of nitrogens with two attached hydrogens (primary N) is 2. The molecule has 0 atom stereocenters. The molecule has 0 saturated carbocycles. The molecule has 0 aliphatic rings. The van der Waals surface area contributed by atoms with Gasteiger partial charge >= 0.3 is 0 Å². The molecule has 0 aliphatic heterocycles. The Hall–Kier alpha value is -3.02. The second-order valence-electron chi connectivity index (χ2n) is 4.27. The van der Waals surface area contributed by atoms with E-state index >= 15 is 0 Å². The van der Waals surface area contributed by atoms with Gasteiger partial charge < -0.3 is 11.5 Å². The van der Waals surface area contributed by atoms with Gasteiger partial charge in [-0.1, -0.05) is 6.07 Å². The summed E-state index contributed by atoms with van der Waals surface area (Å²) in [4.78, 5) is 23.6. The molecule has 3 aromatic rings. The minimum atomic E-state index is -0.642. The maximum atomic E-state index is 11.1. The Morgan fingerprint density at radius 1 is 1.15 bits per heavy atom. The van der Waals surface area contributed by atoms with Crippen molar-refractivity contribution in [1.29, 1.82) is 0 Å². The summed E-state index contributed by atoms with van der Waals surface area (Å²) in [5.74, 6) is -0.121. The number of nitrogens with zero attached hydrogens (tertiary/aromatic N) is 3. The zero-order chi connectivity index (χ0) is 14.1. The van der Waals surface area contributed by atoms with Crippen molar-refractivity contribution in [2.24, 2.45) is 5.73 Å². The Labute approximate surface area is 114 Å². The number of pyridine rings is 1. The van der Waals surface area contributed by atoms with Crippen LogP contribution in [0.5, 0.6) is 0 Å². The molecular weight excluding hydrogens is 254 g/mol. The monoisotopic (exact) mass is 265 g/mol. The molecule has 1 amide bonds. The normalized spacial score (nSPS) is 10.6. The minimum Gasteiger partial charge on any atom is -0.383 e. The van der Waals surface area contributed by atoms with E-state index in [1.165, 1.54) is 6.20 Å². The Morgan fingerprint density at radius 2 is 2.00 bits per heavy atom. The van der Waals surface area contributed by atoms with Gasteiger partial charge in [-0.3, -0.25) is 9.78 Å². The van der Waals surface area contributed by atoms with Crippen LogP contribution in [-0.2, 0) is 0 Å². The van der Waals surface area contributed by atoms with Crippen molar-refractivity contribution in [3.05, 3.63) is 48.3 Å². The van der Waals surface area contributed by atoms with Crippen LogP contribution in [0.15, 0.2) is 42.7 Å². The van der Waals surface area contributed by atoms with E-state index < -0.39 is 5.91 Å². The molecule has 6 heteroatoms. The van der Waals surface area contributed by atoms with Crippen LogP contribution in [0, 0.1) is 0 Å². The van der Waals surface area contributed by atoms with E-state index in [4.69, 9.17) is 11.5 Å². The van der Waals surface area contributed by atoms with Crippen molar-refractivity contribution < 1.29 is 4.79 Å². The van der Waals surface area contributed by atoms with Crippen molar-refractivity contribution in [1.82, 2.24) is 15.0 Å². The van der Waals surface area contributed by atoms with Gasteiger partial charge in [0, 0.05) is 23.3 Å². The highest BCUT2D eigenvalue weighted by Gasteiger charge is 2.10. The molecule has 0 radical (unpaired) electrons. The van der Waals surface area contributed by atoms with E-state index in [2.05, 4.69) is 15.0 Å². The molecule has 98 valence electrons. The number of benzene rings is 1. The Bertz CT molecular complexity index is 816. The third kappa shape index (κ3) is 2.03. The second kappa shape index (κ2) is 4.58. The van der Waals surface area contributed by atoms with Crippen LogP contribution in [0.4, 0.5) is 5.82 Å². The summed E-state index contributed by atoms with van der Waals surface area (Å²) in [6, 6.07) is 9.46. The number of hydrogen-bond acceptors (Lipinski definition) is 5. The standard InChI is InChI=1S/C14H11N5O/c15-12-10(13(16)20)7-18-14(19-12)9-3-4-11-8(6-9)2-1-5-17-11/h1-7H,(H2,16,20)(H2,15,18,19). The first kappa shape index (κ1) is 12.0. The van der Waals surface area contributed by atoms with E-state index in [0.717, 1.165) is 16.5 Å². The van der Waals surface area contributed by atoms with Crippen LogP contribution < -0.4 is 11.5 Å². The van der Waals surface area contributed by atoms with Crippen molar-refractivity contribution in [3.8, 4) is 11.4 Å². The summed E-state index contributed by atoms with van der Waals surface area (Å²) in [7, 11) is 0. The van der Waals surface area contributed by atoms with Crippen molar-refractivity contribution in [3.63, 3.8) is 0 Å². The second-order valence-corrected chi connectivity index (χ2v) is 4.27. The van der Waals surface area contributed by atoms with Crippen LogP contribution in [0.1, 0.15) is 10.4 Å². The third-order valence-corrected chi connectivity index (χ3v) is 2.94. The molecule has 0 fully saturated rings. The van der Waals surface area contributed by atoms with E-state index in [1.807, 2.05) is 30.3 Å². The number of hydrogen-bond donors (Lipinski definition) is 2. The molecule has 6 nitrogen and oxygen atoms in total. The molecule has 0 saturated heterocycles. The van der Waals surface area contributed by atoms with Gasteiger partial charge in [-0.05, 0) is 24.3 Å². The summed E-state index contributed by atoms with van der Waals surface area (Å²) < 4.78 is 0. The molecule has 20 heavy (non-hydrogen) atoms. The number of rotatable bonds is 2. The van der Waals surface area contributed by atoms with E-state index in [1.54, 1.807) is 6.20 Å².